The number of allylic oxidation sites excluding steroid dienone is 2. The molecule has 3 aliphatic rings. The zero-order chi connectivity index (χ0) is 22.3. The van der Waals surface area contributed by atoms with Crippen LogP contribution in [0.25, 0.3) is 0 Å². The number of urea groups is 1. The quantitative estimate of drug-likeness (QED) is 0.401. The second kappa shape index (κ2) is 7.81. The lowest BCUT2D eigenvalue weighted by Gasteiger charge is -2.20. The molecule has 9 heteroatoms. The third-order valence-corrected chi connectivity index (χ3v) is 5.88. The minimum atomic E-state index is -1.07. The Morgan fingerprint density at radius 3 is 2.16 bits per heavy atom. The average Bonchev–Trinajstić information content (AvgIpc) is 3.11. The molecule has 9 nitrogen and oxygen atoms in total. The summed E-state index contributed by atoms with van der Waals surface area (Å²) in [5.41, 5.74) is -0.509. The number of nitrogens with one attached hydrogen (secondary N) is 1. The Balaban J connectivity index is 1.34. The summed E-state index contributed by atoms with van der Waals surface area (Å²) in [6, 6.07) is 5.93. The van der Waals surface area contributed by atoms with Gasteiger partial charge >= 0.3 is 6.03 Å². The number of carbonyl (C=O) groups is 4. The fourth-order valence-corrected chi connectivity index (χ4v) is 4.19. The second-order valence-corrected chi connectivity index (χ2v) is 8.60. The van der Waals surface area contributed by atoms with E-state index in [0.29, 0.717) is 24.3 Å². The van der Waals surface area contributed by atoms with Crippen molar-refractivity contribution in [3.63, 3.8) is 0 Å². The third-order valence-electron chi connectivity index (χ3n) is 5.88. The van der Waals surface area contributed by atoms with Crippen LogP contribution in [-0.4, -0.2) is 58.6 Å². The highest BCUT2D eigenvalue weighted by atomic mass is 16.5. The van der Waals surface area contributed by atoms with Crippen molar-refractivity contribution >= 4 is 29.4 Å². The van der Waals surface area contributed by atoms with Gasteiger partial charge in [-0.25, -0.2) is 4.79 Å². The van der Waals surface area contributed by atoms with Crippen molar-refractivity contribution in [1.29, 1.82) is 0 Å². The number of aliphatic hydroxyl groups excluding tert-OH is 1. The molecule has 0 spiro atoms. The molecule has 31 heavy (non-hydrogen) atoms. The first kappa shape index (κ1) is 21.0. The van der Waals surface area contributed by atoms with Crippen molar-refractivity contribution in [2.24, 2.45) is 11.8 Å². The first-order chi connectivity index (χ1) is 14.7. The first-order valence-electron chi connectivity index (χ1n) is 10.3. The van der Waals surface area contributed by atoms with Crippen LogP contribution in [0.5, 0.6) is 5.75 Å². The maximum atomic E-state index is 12.7. The molecule has 4 rings (SSSR count). The Labute approximate surface area is 179 Å². The Kier molecular flexibility index (Phi) is 5.30. The molecule has 1 aromatic carbocycles. The Morgan fingerprint density at radius 1 is 1.06 bits per heavy atom. The summed E-state index contributed by atoms with van der Waals surface area (Å²) in [7, 11) is 0. The molecule has 1 aromatic rings. The zero-order valence-electron chi connectivity index (χ0n) is 17.4. The molecule has 3 atom stereocenters. The predicted octanol–water partition coefficient (Wildman–Crippen LogP) is 1.21. The number of rotatable bonds is 6. The van der Waals surface area contributed by atoms with E-state index in [-0.39, 0.29) is 36.8 Å². The second-order valence-electron chi connectivity index (χ2n) is 8.60. The van der Waals surface area contributed by atoms with Crippen molar-refractivity contribution < 1.29 is 29.0 Å². The molecule has 2 aliphatic heterocycles. The molecule has 2 fully saturated rings. The van der Waals surface area contributed by atoms with Gasteiger partial charge in [0.15, 0.2) is 0 Å². The number of benzene rings is 1. The van der Waals surface area contributed by atoms with Crippen LogP contribution in [0.4, 0.5) is 10.5 Å². The monoisotopic (exact) mass is 427 g/mol. The van der Waals surface area contributed by atoms with Crippen LogP contribution in [0.3, 0.4) is 0 Å². The van der Waals surface area contributed by atoms with Crippen LogP contribution in [0.1, 0.15) is 26.7 Å². The standard InChI is InChI=1S/C22H25N3O6/c1-22(2)20(29)24(21(30)23-22)11-14(26)12-31-15-9-7-13(8-10-15)25-18(27)16-5-3-4-6-17(16)19(25)28/h3-4,7-10,14,16-17,26H,5-6,11-12H2,1-2H3,(H,23,30)/t14-,16-,17-/m0/s1. The van der Waals surface area contributed by atoms with Gasteiger partial charge in [0, 0.05) is 0 Å². The van der Waals surface area contributed by atoms with Gasteiger partial charge < -0.3 is 15.2 Å². The van der Waals surface area contributed by atoms with Gasteiger partial charge in [-0.05, 0) is 51.0 Å². The van der Waals surface area contributed by atoms with Crippen molar-refractivity contribution in [2.75, 3.05) is 18.1 Å². The lowest BCUT2D eigenvalue weighted by molar-refractivity contribution is -0.131. The SMILES string of the molecule is CC1(C)NC(=O)N(C[C@H](O)COc2ccc(N3C(=O)[C@H]4CC=CC[C@@H]4C3=O)cc2)C1=O. The summed E-state index contributed by atoms with van der Waals surface area (Å²) in [5.74, 6) is -0.923. The molecule has 0 bridgehead atoms. The molecule has 1 aliphatic carbocycles. The summed E-state index contributed by atoms with van der Waals surface area (Å²) < 4.78 is 5.55. The molecule has 164 valence electrons. The van der Waals surface area contributed by atoms with E-state index in [9.17, 15) is 24.3 Å². The lowest BCUT2D eigenvalue weighted by atomic mass is 9.85. The number of carbonyl (C=O) groups excluding carboxylic acids is 4. The fourth-order valence-electron chi connectivity index (χ4n) is 4.19. The van der Waals surface area contributed by atoms with Crippen molar-refractivity contribution in [3.05, 3.63) is 36.4 Å². The van der Waals surface area contributed by atoms with Crippen molar-refractivity contribution in [1.82, 2.24) is 10.2 Å². The smallest absolute Gasteiger partial charge is 0.325 e. The van der Waals surface area contributed by atoms with Crippen molar-refractivity contribution in [3.8, 4) is 5.75 Å². The number of hydrogen-bond donors (Lipinski definition) is 2. The van der Waals surface area contributed by atoms with E-state index in [1.807, 2.05) is 12.2 Å². The molecule has 0 radical (unpaired) electrons. The Bertz CT molecular complexity index is 928. The third kappa shape index (κ3) is 3.81. The summed E-state index contributed by atoms with van der Waals surface area (Å²) >= 11 is 0. The zero-order valence-corrected chi connectivity index (χ0v) is 17.4. The molecule has 2 N–H and O–H groups in total. The molecule has 2 heterocycles. The highest BCUT2D eigenvalue weighted by Gasteiger charge is 2.48. The predicted molar refractivity (Wildman–Crippen MR) is 110 cm³/mol. The number of hydrogen-bond acceptors (Lipinski definition) is 6. The molecular formula is C22H25N3O6. The van der Waals surface area contributed by atoms with Gasteiger partial charge in [-0.2, -0.15) is 0 Å². The molecule has 0 saturated carbocycles. The number of fused-ring (bicyclic) bond motifs is 1. The summed E-state index contributed by atoms with van der Waals surface area (Å²) in [6.45, 7) is 2.88. The van der Waals surface area contributed by atoms with E-state index < -0.39 is 23.6 Å². The fraction of sp³-hybridized carbons (Fsp3) is 0.455. The minimum Gasteiger partial charge on any atom is -0.491 e. The topological polar surface area (TPSA) is 116 Å². The molecule has 2 saturated heterocycles. The number of aliphatic hydroxyl groups is 1. The highest BCUT2D eigenvalue weighted by molar-refractivity contribution is 6.22. The number of nitrogens with zero attached hydrogens (tertiary/aromatic N) is 2. The van der Waals surface area contributed by atoms with E-state index >= 15 is 0 Å². The largest absolute Gasteiger partial charge is 0.491 e. The van der Waals surface area contributed by atoms with Gasteiger partial charge in [0.05, 0.1) is 24.1 Å². The first-order valence-corrected chi connectivity index (χ1v) is 10.3. The van der Waals surface area contributed by atoms with Crippen LogP contribution in [-0.2, 0) is 14.4 Å². The van der Waals surface area contributed by atoms with Crippen LogP contribution >= 0.6 is 0 Å². The van der Waals surface area contributed by atoms with Gasteiger partial charge in [-0.3, -0.25) is 24.2 Å². The molecule has 0 unspecified atom stereocenters. The van der Waals surface area contributed by atoms with E-state index in [4.69, 9.17) is 4.74 Å². The number of imide groups is 2. The summed E-state index contributed by atoms with van der Waals surface area (Å²) in [4.78, 5) is 51.6. The number of β-amino-alcohol motifs (C(OH)–C–C–N with tert-alkyl or cyclic N) is 1. The Morgan fingerprint density at radius 2 is 1.65 bits per heavy atom. The van der Waals surface area contributed by atoms with Gasteiger partial charge in [0.1, 0.15) is 24.0 Å². The van der Waals surface area contributed by atoms with Gasteiger partial charge in [-0.15, -0.1) is 0 Å². The van der Waals surface area contributed by atoms with Crippen molar-refractivity contribution in [2.45, 2.75) is 38.3 Å². The van der Waals surface area contributed by atoms with Crippen LogP contribution in [0, 0.1) is 11.8 Å². The number of anilines is 1. The van der Waals surface area contributed by atoms with E-state index in [2.05, 4.69) is 5.32 Å². The highest BCUT2D eigenvalue weighted by Crippen LogP contribution is 2.37. The van der Waals surface area contributed by atoms with Crippen LogP contribution in [0.15, 0.2) is 36.4 Å². The van der Waals surface area contributed by atoms with Crippen LogP contribution in [0.2, 0.25) is 0 Å². The average molecular weight is 427 g/mol. The molecule has 0 aromatic heterocycles. The van der Waals surface area contributed by atoms with E-state index in [1.165, 1.54) is 4.90 Å². The van der Waals surface area contributed by atoms with Gasteiger partial charge in [0.2, 0.25) is 11.8 Å². The maximum absolute atomic E-state index is 12.7. The molecular weight excluding hydrogens is 402 g/mol. The van der Waals surface area contributed by atoms with Gasteiger partial charge in [0.25, 0.3) is 5.91 Å². The normalized spacial score (nSPS) is 25.6. The number of amides is 5. The molecule has 5 amide bonds. The van der Waals surface area contributed by atoms with Gasteiger partial charge in [-0.1, -0.05) is 12.2 Å². The van der Waals surface area contributed by atoms with E-state index in [0.717, 1.165) is 4.90 Å². The number of ether oxygens (including phenoxy) is 1. The maximum Gasteiger partial charge on any atom is 0.325 e. The minimum absolute atomic E-state index is 0.131. The van der Waals surface area contributed by atoms with Crippen LogP contribution < -0.4 is 15.0 Å². The summed E-state index contributed by atoms with van der Waals surface area (Å²) in [6.07, 6.45) is 3.98. The lowest BCUT2D eigenvalue weighted by Crippen LogP contribution is -2.42. The Hall–Kier alpha value is -3.20. The van der Waals surface area contributed by atoms with E-state index in [1.54, 1.807) is 38.1 Å². The summed E-state index contributed by atoms with van der Waals surface area (Å²) in [5, 5.41) is 12.7.